The molecule has 0 fully saturated rings. The molecule has 0 saturated carbocycles. The Balaban J connectivity index is 2.08. The maximum Gasteiger partial charge on any atom is 0.232 e. The van der Waals surface area contributed by atoms with Crippen molar-refractivity contribution in [1.29, 1.82) is 5.26 Å². The van der Waals surface area contributed by atoms with Crippen LogP contribution in [0.25, 0.3) is 0 Å². The molecule has 1 heterocycles. The smallest absolute Gasteiger partial charge is 0.232 e. The van der Waals surface area contributed by atoms with Crippen molar-refractivity contribution in [3.8, 4) is 6.07 Å². The van der Waals surface area contributed by atoms with Crippen molar-refractivity contribution >= 4 is 5.69 Å². The van der Waals surface area contributed by atoms with Gasteiger partial charge in [-0.25, -0.2) is 9.97 Å². The van der Waals surface area contributed by atoms with Crippen LogP contribution in [-0.4, -0.2) is 9.97 Å². The fourth-order valence-corrected chi connectivity index (χ4v) is 1.54. The van der Waals surface area contributed by atoms with Crippen LogP contribution in [0.3, 0.4) is 0 Å². The van der Waals surface area contributed by atoms with Crippen LogP contribution in [0.5, 0.6) is 0 Å². The van der Waals surface area contributed by atoms with E-state index in [4.69, 9.17) is 5.26 Å². The van der Waals surface area contributed by atoms with Gasteiger partial charge in [-0.3, -0.25) is 0 Å². The Kier molecular flexibility index (Phi) is 3.31. The van der Waals surface area contributed by atoms with E-state index < -0.39 is 0 Å². The molecule has 1 atom stereocenters. The predicted octanol–water partition coefficient (Wildman–Crippen LogP) is 2.52. The second-order valence-corrected chi connectivity index (χ2v) is 3.68. The summed E-state index contributed by atoms with van der Waals surface area (Å²) in [6, 6.07) is 12.2. The summed E-state index contributed by atoms with van der Waals surface area (Å²) in [5.41, 5.74) is 2.00. The average Bonchev–Trinajstić information content (AvgIpc) is 2.40. The van der Waals surface area contributed by atoms with Crippen LogP contribution in [0, 0.1) is 11.3 Å². The minimum atomic E-state index is 0.174. The van der Waals surface area contributed by atoms with Gasteiger partial charge in [0.25, 0.3) is 0 Å². The first-order chi connectivity index (χ1) is 8.29. The molecule has 1 N–H and O–H groups in total. The maximum absolute atomic E-state index is 8.59. The molecule has 0 aliphatic heterocycles. The Bertz CT molecular complexity index is 513. The average molecular weight is 224 g/mol. The molecule has 1 unspecified atom stereocenters. The second kappa shape index (κ2) is 5.08. The number of hydrogen-bond donors (Lipinski definition) is 1. The number of hydrogen-bond acceptors (Lipinski definition) is 4. The van der Waals surface area contributed by atoms with Gasteiger partial charge in [0, 0.05) is 6.04 Å². The minimum Gasteiger partial charge on any atom is -0.376 e. The van der Waals surface area contributed by atoms with Crippen molar-refractivity contribution in [2.75, 3.05) is 5.32 Å². The lowest BCUT2D eigenvalue weighted by atomic mass is 10.1. The molecule has 0 saturated heterocycles. The molecule has 0 aliphatic carbocycles. The molecule has 0 amide bonds. The van der Waals surface area contributed by atoms with Crippen LogP contribution in [0.2, 0.25) is 0 Å². The van der Waals surface area contributed by atoms with E-state index in [0.717, 1.165) is 5.69 Å². The molecule has 0 radical (unpaired) electrons. The van der Waals surface area contributed by atoms with E-state index in [9.17, 15) is 0 Å². The van der Waals surface area contributed by atoms with Crippen molar-refractivity contribution in [3.63, 3.8) is 0 Å². The van der Waals surface area contributed by atoms with Gasteiger partial charge in [-0.05, 0) is 12.5 Å². The molecular formula is C13H12N4. The van der Waals surface area contributed by atoms with Crippen molar-refractivity contribution in [1.82, 2.24) is 9.97 Å². The van der Waals surface area contributed by atoms with E-state index >= 15 is 0 Å². The van der Waals surface area contributed by atoms with Crippen LogP contribution in [0.4, 0.5) is 5.69 Å². The molecule has 2 rings (SSSR count). The Morgan fingerprint density at radius 1 is 1.18 bits per heavy atom. The summed E-state index contributed by atoms with van der Waals surface area (Å²) in [6.07, 6.45) is 3.23. The Labute approximate surface area is 100.0 Å². The summed E-state index contributed by atoms with van der Waals surface area (Å²) in [6.45, 7) is 2.06. The first kappa shape index (κ1) is 11.1. The van der Waals surface area contributed by atoms with Gasteiger partial charge in [0.05, 0.1) is 18.1 Å². The van der Waals surface area contributed by atoms with Crippen LogP contribution >= 0.6 is 0 Å². The highest BCUT2D eigenvalue weighted by atomic mass is 15.0. The summed E-state index contributed by atoms with van der Waals surface area (Å²) < 4.78 is 0. The highest BCUT2D eigenvalue weighted by Crippen LogP contribution is 2.17. The highest BCUT2D eigenvalue weighted by molar-refractivity contribution is 5.41. The summed E-state index contributed by atoms with van der Waals surface area (Å²) >= 11 is 0. The molecule has 1 aromatic heterocycles. The van der Waals surface area contributed by atoms with Gasteiger partial charge in [0.1, 0.15) is 6.07 Å². The third-order valence-corrected chi connectivity index (χ3v) is 2.43. The lowest BCUT2D eigenvalue weighted by Crippen LogP contribution is -2.07. The summed E-state index contributed by atoms with van der Waals surface area (Å²) in [7, 11) is 0. The zero-order chi connectivity index (χ0) is 12.1. The molecule has 84 valence electrons. The monoisotopic (exact) mass is 224 g/mol. The SMILES string of the molecule is CC(Nc1cnc(C#N)nc1)c1ccccc1. The third-order valence-electron chi connectivity index (χ3n) is 2.43. The fourth-order valence-electron chi connectivity index (χ4n) is 1.54. The molecule has 1 aromatic carbocycles. The van der Waals surface area contributed by atoms with Crippen LogP contribution in [-0.2, 0) is 0 Å². The van der Waals surface area contributed by atoms with E-state index in [1.54, 1.807) is 12.4 Å². The topological polar surface area (TPSA) is 61.6 Å². The van der Waals surface area contributed by atoms with Gasteiger partial charge in [-0.15, -0.1) is 0 Å². The molecule has 17 heavy (non-hydrogen) atoms. The molecule has 0 aliphatic rings. The lowest BCUT2D eigenvalue weighted by Gasteiger charge is -2.14. The van der Waals surface area contributed by atoms with E-state index in [1.165, 1.54) is 5.56 Å². The summed E-state index contributed by atoms with van der Waals surface area (Å²) in [5.74, 6) is 0.183. The van der Waals surface area contributed by atoms with E-state index in [-0.39, 0.29) is 11.9 Å². The van der Waals surface area contributed by atoms with Gasteiger partial charge in [-0.1, -0.05) is 30.3 Å². The Hall–Kier alpha value is -2.41. The van der Waals surface area contributed by atoms with E-state index in [1.807, 2.05) is 24.3 Å². The molecular weight excluding hydrogens is 212 g/mol. The molecule has 4 heteroatoms. The predicted molar refractivity (Wildman–Crippen MR) is 65.2 cm³/mol. The van der Waals surface area contributed by atoms with Gasteiger partial charge >= 0.3 is 0 Å². The van der Waals surface area contributed by atoms with Crippen molar-refractivity contribution < 1.29 is 0 Å². The van der Waals surface area contributed by atoms with Crippen LogP contribution < -0.4 is 5.32 Å². The number of anilines is 1. The minimum absolute atomic E-state index is 0.174. The molecule has 0 bridgehead atoms. The first-order valence-corrected chi connectivity index (χ1v) is 5.33. The maximum atomic E-state index is 8.59. The second-order valence-electron chi connectivity index (χ2n) is 3.68. The van der Waals surface area contributed by atoms with Gasteiger partial charge in [0.2, 0.25) is 5.82 Å². The number of nitrogens with zero attached hydrogens (tertiary/aromatic N) is 3. The first-order valence-electron chi connectivity index (χ1n) is 5.33. The molecule has 0 spiro atoms. The number of rotatable bonds is 3. The van der Waals surface area contributed by atoms with Gasteiger partial charge in [-0.2, -0.15) is 5.26 Å². The number of benzene rings is 1. The van der Waals surface area contributed by atoms with Crippen molar-refractivity contribution in [3.05, 3.63) is 54.1 Å². The summed E-state index contributed by atoms with van der Waals surface area (Å²) in [4.78, 5) is 7.82. The van der Waals surface area contributed by atoms with Crippen LogP contribution in [0.15, 0.2) is 42.7 Å². The van der Waals surface area contributed by atoms with E-state index in [2.05, 4.69) is 34.3 Å². The fraction of sp³-hybridized carbons (Fsp3) is 0.154. The van der Waals surface area contributed by atoms with Gasteiger partial charge < -0.3 is 5.32 Å². The number of aromatic nitrogens is 2. The number of nitrogens with one attached hydrogen (secondary N) is 1. The molecule has 4 nitrogen and oxygen atoms in total. The largest absolute Gasteiger partial charge is 0.376 e. The zero-order valence-corrected chi connectivity index (χ0v) is 9.46. The Morgan fingerprint density at radius 3 is 2.41 bits per heavy atom. The number of nitriles is 1. The van der Waals surface area contributed by atoms with Gasteiger partial charge in [0.15, 0.2) is 0 Å². The third kappa shape index (κ3) is 2.79. The normalized spacial score (nSPS) is 11.5. The van der Waals surface area contributed by atoms with Crippen molar-refractivity contribution in [2.45, 2.75) is 13.0 Å². The van der Waals surface area contributed by atoms with Crippen LogP contribution in [0.1, 0.15) is 24.4 Å². The van der Waals surface area contributed by atoms with Crippen molar-refractivity contribution in [2.24, 2.45) is 0 Å². The molecule has 2 aromatic rings. The summed E-state index contributed by atoms with van der Waals surface area (Å²) in [5, 5.41) is 11.9. The Morgan fingerprint density at radius 2 is 1.82 bits per heavy atom. The lowest BCUT2D eigenvalue weighted by molar-refractivity contribution is 0.879. The quantitative estimate of drug-likeness (QED) is 0.870. The highest BCUT2D eigenvalue weighted by Gasteiger charge is 2.04. The van der Waals surface area contributed by atoms with E-state index in [0.29, 0.717) is 0 Å². The standard InChI is InChI=1S/C13H12N4/c1-10(11-5-3-2-4-6-11)17-12-8-15-13(7-14)16-9-12/h2-6,8-10,17H,1H3. The zero-order valence-electron chi connectivity index (χ0n) is 9.46.